The molecule has 1 N–H and O–H groups in total. The fourth-order valence-corrected chi connectivity index (χ4v) is 5.70. The molecule has 6 nitrogen and oxygen atoms in total. The summed E-state index contributed by atoms with van der Waals surface area (Å²) < 4.78 is 28.6. The van der Waals surface area contributed by atoms with Crippen molar-refractivity contribution in [1.82, 2.24) is 0 Å². The van der Waals surface area contributed by atoms with E-state index < -0.39 is 22.5 Å². The molecule has 0 bridgehead atoms. The lowest BCUT2D eigenvalue weighted by atomic mass is 10.0. The van der Waals surface area contributed by atoms with Gasteiger partial charge in [0.05, 0.1) is 16.3 Å². The zero-order valence-corrected chi connectivity index (χ0v) is 22.8. The van der Waals surface area contributed by atoms with Crippen LogP contribution in [0.25, 0.3) is 0 Å². The molecule has 0 radical (unpaired) electrons. The van der Waals surface area contributed by atoms with Crippen LogP contribution < -0.4 is 9.62 Å². The number of hydrogen-bond donors (Lipinski definition) is 1. The SMILES string of the molecule is Cc1ccc(S(=O)(=O)N(CC(=O)Nc2ccc(Cl)cc2C(=O)c2ccccc2)c2cc(C)cc(C)c2)cc1. The van der Waals surface area contributed by atoms with Gasteiger partial charge in [-0.3, -0.25) is 13.9 Å². The van der Waals surface area contributed by atoms with Gasteiger partial charge in [0, 0.05) is 16.1 Å². The van der Waals surface area contributed by atoms with Crippen molar-refractivity contribution >= 4 is 44.7 Å². The van der Waals surface area contributed by atoms with Crippen molar-refractivity contribution in [1.29, 1.82) is 0 Å². The average Bonchev–Trinajstić information content (AvgIpc) is 2.88. The second kappa shape index (κ2) is 11.2. The molecule has 0 fully saturated rings. The van der Waals surface area contributed by atoms with E-state index in [1.54, 1.807) is 60.7 Å². The summed E-state index contributed by atoms with van der Waals surface area (Å²) in [5, 5.41) is 3.06. The van der Waals surface area contributed by atoms with E-state index in [9.17, 15) is 18.0 Å². The Labute approximate surface area is 227 Å². The van der Waals surface area contributed by atoms with Gasteiger partial charge < -0.3 is 5.32 Å². The third-order valence-electron chi connectivity index (χ3n) is 5.93. The van der Waals surface area contributed by atoms with E-state index in [0.717, 1.165) is 21.0 Å². The summed E-state index contributed by atoms with van der Waals surface area (Å²) in [6.07, 6.45) is 0. The topological polar surface area (TPSA) is 83.6 Å². The predicted octanol–water partition coefficient (Wildman–Crippen LogP) is 6.33. The third-order valence-corrected chi connectivity index (χ3v) is 7.95. The maximum Gasteiger partial charge on any atom is 0.264 e. The summed E-state index contributed by atoms with van der Waals surface area (Å²) >= 11 is 6.17. The van der Waals surface area contributed by atoms with Crippen LogP contribution in [0.4, 0.5) is 11.4 Å². The molecule has 4 aromatic carbocycles. The highest BCUT2D eigenvalue weighted by atomic mass is 35.5. The number of nitrogens with zero attached hydrogens (tertiary/aromatic N) is 1. The van der Waals surface area contributed by atoms with Gasteiger partial charge in [-0.15, -0.1) is 0 Å². The predicted molar refractivity (Wildman–Crippen MR) is 152 cm³/mol. The number of halogens is 1. The van der Waals surface area contributed by atoms with Crippen LogP contribution in [0.3, 0.4) is 0 Å². The van der Waals surface area contributed by atoms with Gasteiger partial charge in [0.2, 0.25) is 5.91 Å². The molecular weight excluding hydrogens is 520 g/mol. The number of amides is 1. The van der Waals surface area contributed by atoms with E-state index in [1.165, 1.54) is 24.3 Å². The Morgan fingerprint density at radius 1 is 0.789 bits per heavy atom. The van der Waals surface area contributed by atoms with Crippen molar-refractivity contribution in [3.8, 4) is 0 Å². The zero-order chi connectivity index (χ0) is 27.4. The summed E-state index contributed by atoms with van der Waals surface area (Å²) in [5.74, 6) is -0.925. The molecule has 0 spiro atoms. The Hall–Kier alpha value is -3.94. The summed E-state index contributed by atoms with van der Waals surface area (Å²) in [6.45, 7) is 5.09. The molecule has 0 heterocycles. The molecule has 4 aromatic rings. The Morgan fingerprint density at radius 2 is 1.42 bits per heavy atom. The molecule has 4 rings (SSSR count). The molecule has 0 aliphatic carbocycles. The Kier molecular flexibility index (Phi) is 7.99. The number of sulfonamides is 1. The van der Waals surface area contributed by atoms with Crippen molar-refractivity contribution in [3.63, 3.8) is 0 Å². The van der Waals surface area contributed by atoms with Crippen LogP contribution in [-0.2, 0) is 14.8 Å². The van der Waals surface area contributed by atoms with E-state index in [4.69, 9.17) is 11.6 Å². The van der Waals surface area contributed by atoms with Gasteiger partial charge >= 0.3 is 0 Å². The Bertz CT molecular complexity index is 1580. The summed E-state index contributed by atoms with van der Waals surface area (Å²) in [5.41, 5.74) is 3.88. The summed E-state index contributed by atoms with van der Waals surface area (Å²) in [6, 6.07) is 25.0. The number of aryl methyl sites for hydroxylation is 3. The van der Waals surface area contributed by atoms with Crippen molar-refractivity contribution in [2.45, 2.75) is 25.7 Å². The van der Waals surface area contributed by atoms with Gasteiger partial charge in [0.25, 0.3) is 10.0 Å². The third kappa shape index (κ3) is 6.13. The Balaban J connectivity index is 1.70. The van der Waals surface area contributed by atoms with Crippen molar-refractivity contribution in [3.05, 3.63) is 124 Å². The molecule has 8 heteroatoms. The summed E-state index contributed by atoms with van der Waals surface area (Å²) in [7, 11) is -4.08. The number of nitrogens with one attached hydrogen (secondary N) is 1. The molecule has 0 aromatic heterocycles. The second-order valence-electron chi connectivity index (χ2n) is 9.10. The van der Waals surface area contributed by atoms with Crippen molar-refractivity contribution < 1.29 is 18.0 Å². The number of hydrogen-bond acceptors (Lipinski definition) is 4. The molecule has 0 aliphatic rings. The highest BCUT2D eigenvalue weighted by Gasteiger charge is 2.28. The van der Waals surface area contributed by atoms with Crippen LogP contribution >= 0.6 is 11.6 Å². The highest BCUT2D eigenvalue weighted by molar-refractivity contribution is 7.92. The second-order valence-corrected chi connectivity index (χ2v) is 11.4. The summed E-state index contributed by atoms with van der Waals surface area (Å²) in [4.78, 5) is 26.6. The number of anilines is 2. The Morgan fingerprint density at radius 3 is 2.05 bits per heavy atom. The maximum atomic E-state index is 13.7. The van der Waals surface area contributed by atoms with Gasteiger partial charge in [-0.2, -0.15) is 0 Å². The van der Waals surface area contributed by atoms with Crippen LogP contribution in [-0.4, -0.2) is 26.7 Å². The molecule has 1 amide bonds. The van der Waals surface area contributed by atoms with Gasteiger partial charge in [-0.1, -0.05) is 65.7 Å². The van der Waals surface area contributed by atoms with Crippen molar-refractivity contribution in [2.75, 3.05) is 16.2 Å². The van der Waals surface area contributed by atoms with Crippen LogP contribution in [0.5, 0.6) is 0 Å². The quantitative estimate of drug-likeness (QED) is 0.262. The molecule has 0 saturated carbocycles. The fourth-order valence-electron chi connectivity index (χ4n) is 4.13. The van der Waals surface area contributed by atoms with Crippen LogP contribution in [0.1, 0.15) is 32.6 Å². The van der Waals surface area contributed by atoms with Gasteiger partial charge in [-0.05, 0) is 74.4 Å². The first-order valence-corrected chi connectivity index (χ1v) is 13.7. The minimum absolute atomic E-state index is 0.0708. The van der Waals surface area contributed by atoms with E-state index in [1.807, 2.05) is 26.8 Å². The largest absolute Gasteiger partial charge is 0.324 e. The van der Waals surface area contributed by atoms with E-state index >= 15 is 0 Å². The maximum absolute atomic E-state index is 13.7. The standard InChI is InChI=1S/C30H27ClN2O4S/c1-20-9-12-26(13-10-20)38(36,37)33(25-16-21(2)15-22(3)17-25)19-29(34)32-28-14-11-24(31)18-27(28)30(35)23-7-5-4-6-8-23/h4-18H,19H2,1-3H3,(H,32,34). The lowest BCUT2D eigenvalue weighted by Crippen LogP contribution is -2.38. The van der Waals surface area contributed by atoms with Crippen LogP contribution in [0.15, 0.2) is 95.9 Å². The molecule has 0 unspecified atom stereocenters. The van der Waals surface area contributed by atoms with E-state index in [0.29, 0.717) is 16.3 Å². The molecular formula is C30H27ClN2O4S. The van der Waals surface area contributed by atoms with Crippen LogP contribution in [0.2, 0.25) is 5.02 Å². The first-order valence-electron chi connectivity index (χ1n) is 11.9. The highest BCUT2D eigenvalue weighted by Crippen LogP contribution is 2.28. The first kappa shape index (κ1) is 27.1. The lowest BCUT2D eigenvalue weighted by Gasteiger charge is -2.25. The number of benzene rings is 4. The molecule has 194 valence electrons. The molecule has 0 saturated heterocycles. The molecule has 38 heavy (non-hydrogen) atoms. The monoisotopic (exact) mass is 546 g/mol. The minimum Gasteiger partial charge on any atom is -0.324 e. The minimum atomic E-state index is -4.08. The number of carbonyl (C=O) groups is 2. The molecule has 0 aliphatic heterocycles. The molecule has 0 atom stereocenters. The van der Waals surface area contributed by atoms with E-state index in [2.05, 4.69) is 5.32 Å². The van der Waals surface area contributed by atoms with Crippen LogP contribution in [0, 0.1) is 20.8 Å². The van der Waals surface area contributed by atoms with Gasteiger partial charge in [0.1, 0.15) is 6.54 Å². The average molecular weight is 547 g/mol. The van der Waals surface area contributed by atoms with Gasteiger partial charge in [0.15, 0.2) is 5.78 Å². The first-order chi connectivity index (χ1) is 18.0. The van der Waals surface area contributed by atoms with E-state index in [-0.39, 0.29) is 21.9 Å². The van der Waals surface area contributed by atoms with Crippen molar-refractivity contribution in [2.24, 2.45) is 0 Å². The number of rotatable bonds is 8. The fraction of sp³-hybridized carbons (Fsp3) is 0.133. The zero-order valence-electron chi connectivity index (χ0n) is 21.2. The lowest BCUT2D eigenvalue weighted by molar-refractivity contribution is -0.114. The van der Waals surface area contributed by atoms with Gasteiger partial charge in [-0.25, -0.2) is 8.42 Å². The number of carbonyl (C=O) groups excluding carboxylic acids is 2. The number of ketones is 1. The normalized spacial score (nSPS) is 11.2. The smallest absolute Gasteiger partial charge is 0.264 e.